The minimum atomic E-state index is -4.48. The first-order valence-electron chi connectivity index (χ1n) is 6.96. The smallest absolute Gasteiger partial charge is 0.351 e. The number of anilines is 1. The lowest BCUT2D eigenvalue weighted by atomic mass is 10.1. The van der Waals surface area contributed by atoms with E-state index < -0.39 is 17.6 Å². The Hall–Kier alpha value is -2.35. The highest BCUT2D eigenvalue weighted by atomic mass is 19.4. The molecule has 0 aliphatic carbocycles. The molecule has 1 aromatic carbocycles. The van der Waals surface area contributed by atoms with Crippen molar-refractivity contribution in [3.63, 3.8) is 0 Å². The van der Waals surface area contributed by atoms with E-state index in [-0.39, 0.29) is 17.0 Å². The second-order valence-electron chi connectivity index (χ2n) is 4.94. The van der Waals surface area contributed by atoms with Gasteiger partial charge in [0, 0.05) is 18.3 Å². The monoisotopic (exact) mass is 327 g/mol. The lowest BCUT2D eigenvalue weighted by Gasteiger charge is -2.12. The molecule has 0 spiro atoms. The topological polar surface area (TPSA) is 67.2 Å². The average molecular weight is 327 g/mol. The van der Waals surface area contributed by atoms with Crippen LogP contribution in [0.3, 0.4) is 0 Å². The lowest BCUT2D eigenvalue weighted by molar-refractivity contribution is -0.138. The van der Waals surface area contributed by atoms with E-state index in [1.54, 1.807) is 0 Å². The number of amides is 1. The molecule has 1 amide bonds. The molecule has 23 heavy (non-hydrogen) atoms. The van der Waals surface area contributed by atoms with Gasteiger partial charge in [-0.05, 0) is 31.2 Å². The molecule has 5 nitrogen and oxygen atoms in total. The highest BCUT2D eigenvalue weighted by Gasteiger charge is 2.32. The minimum absolute atomic E-state index is 0.0394. The molecule has 0 aliphatic heterocycles. The van der Waals surface area contributed by atoms with Crippen LogP contribution in [0.4, 0.5) is 18.9 Å². The predicted octanol–water partition coefficient (Wildman–Crippen LogP) is 3.36. The van der Waals surface area contributed by atoms with Gasteiger partial charge in [-0.15, -0.1) is 0 Å². The number of nitrogens with one attached hydrogen (secondary N) is 2. The van der Waals surface area contributed by atoms with Crippen molar-refractivity contribution in [2.45, 2.75) is 26.6 Å². The summed E-state index contributed by atoms with van der Waals surface area (Å²) in [6.07, 6.45) is -4.48. The van der Waals surface area contributed by atoms with E-state index in [1.165, 1.54) is 25.1 Å². The molecule has 0 fully saturated rings. The van der Waals surface area contributed by atoms with Gasteiger partial charge in [-0.2, -0.15) is 13.2 Å². The number of nitrogens with zero attached hydrogens (tertiary/aromatic N) is 1. The fraction of sp³-hybridized carbons (Fsp3) is 0.333. The minimum Gasteiger partial charge on any atom is -0.351 e. The number of rotatable bonds is 5. The first-order valence-corrected chi connectivity index (χ1v) is 6.96. The third-order valence-corrected chi connectivity index (χ3v) is 3.14. The molecule has 0 saturated carbocycles. The first kappa shape index (κ1) is 17.0. The summed E-state index contributed by atoms with van der Waals surface area (Å²) in [5, 5.41) is 9.10. The Labute approximate surface area is 130 Å². The summed E-state index contributed by atoms with van der Waals surface area (Å²) in [7, 11) is 0. The molecule has 0 aliphatic rings. The molecular formula is C15H16F3N3O2. The third kappa shape index (κ3) is 4.32. The van der Waals surface area contributed by atoms with E-state index in [2.05, 4.69) is 15.8 Å². The van der Waals surface area contributed by atoms with Crippen LogP contribution < -0.4 is 10.6 Å². The van der Waals surface area contributed by atoms with Crippen LogP contribution in [-0.4, -0.2) is 17.6 Å². The zero-order valence-electron chi connectivity index (χ0n) is 12.6. The summed E-state index contributed by atoms with van der Waals surface area (Å²) in [6.45, 7) is 4.45. The van der Waals surface area contributed by atoms with Crippen LogP contribution >= 0.6 is 0 Å². The first-order chi connectivity index (χ1) is 10.8. The Morgan fingerprint density at radius 2 is 2.04 bits per heavy atom. The zero-order chi connectivity index (χ0) is 17.0. The fourth-order valence-electron chi connectivity index (χ4n) is 1.95. The summed E-state index contributed by atoms with van der Waals surface area (Å²) < 4.78 is 43.5. The van der Waals surface area contributed by atoms with Crippen molar-refractivity contribution in [1.82, 2.24) is 10.5 Å². The number of hydrogen-bond acceptors (Lipinski definition) is 4. The van der Waals surface area contributed by atoms with E-state index in [1.807, 2.05) is 6.92 Å². The highest BCUT2D eigenvalue weighted by Crippen LogP contribution is 2.33. The van der Waals surface area contributed by atoms with Gasteiger partial charge in [-0.1, -0.05) is 18.1 Å². The van der Waals surface area contributed by atoms with Crippen molar-refractivity contribution in [3.8, 4) is 0 Å². The van der Waals surface area contributed by atoms with Crippen LogP contribution in [0.25, 0.3) is 0 Å². The van der Waals surface area contributed by atoms with E-state index >= 15 is 0 Å². The molecule has 0 unspecified atom stereocenters. The van der Waals surface area contributed by atoms with Crippen molar-refractivity contribution < 1.29 is 22.5 Å². The molecular weight excluding hydrogens is 311 g/mol. The maximum absolute atomic E-state index is 12.9. The van der Waals surface area contributed by atoms with Crippen molar-refractivity contribution in [3.05, 3.63) is 46.8 Å². The molecule has 0 atom stereocenters. The largest absolute Gasteiger partial charge is 0.416 e. The van der Waals surface area contributed by atoms with E-state index in [0.717, 1.165) is 12.6 Å². The van der Waals surface area contributed by atoms with Gasteiger partial charge in [0.1, 0.15) is 0 Å². The Bertz CT molecular complexity index is 696. The van der Waals surface area contributed by atoms with Crippen molar-refractivity contribution in [2.24, 2.45) is 0 Å². The van der Waals surface area contributed by atoms with Gasteiger partial charge in [0.05, 0.1) is 11.3 Å². The molecule has 1 aromatic heterocycles. The standard InChI is InChI=1S/C15H16F3N3O2/c1-3-19-8-11-7-13(23-21-11)14(22)20-10-5-4-9(2)12(6-10)15(16,17)18/h4-7,19H,3,8H2,1-2H3,(H,20,22). The van der Waals surface area contributed by atoms with E-state index in [4.69, 9.17) is 4.52 Å². The molecule has 0 bridgehead atoms. The molecule has 124 valence electrons. The Morgan fingerprint density at radius 1 is 1.30 bits per heavy atom. The van der Waals surface area contributed by atoms with Crippen molar-refractivity contribution >= 4 is 11.6 Å². The van der Waals surface area contributed by atoms with Crippen LogP contribution in [0, 0.1) is 6.92 Å². The maximum atomic E-state index is 12.9. The number of carbonyl (C=O) groups is 1. The van der Waals surface area contributed by atoms with Crippen molar-refractivity contribution in [1.29, 1.82) is 0 Å². The highest BCUT2D eigenvalue weighted by molar-refractivity contribution is 6.02. The normalized spacial score (nSPS) is 11.5. The summed E-state index contributed by atoms with van der Waals surface area (Å²) >= 11 is 0. The Morgan fingerprint density at radius 3 is 2.70 bits per heavy atom. The van der Waals surface area contributed by atoms with Gasteiger partial charge in [-0.3, -0.25) is 4.79 Å². The van der Waals surface area contributed by atoms with Gasteiger partial charge in [0.25, 0.3) is 5.91 Å². The molecule has 1 heterocycles. The Balaban J connectivity index is 2.12. The maximum Gasteiger partial charge on any atom is 0.416 e. The second-order valence-corrected chi connectivity index (χ2v) is 4.94. The van der Waals surface area contributed by atoms with Gasteiger partial charge in [-0.25, -0.2) is 0 Å². The average Bonchev–Trinajstić information content (AvgIpc) is 2.95. The van der Waals surface area contributed by atoms with Gasteiger partial charge in [0.15, 0.2) is 0 Å². The number of hydrogen-bond donors (Lipinski definition) is 2. The number of carbonyl (C=O) groups excluding carboxylic acids is 1. The van der Waals surface area contributed by atoms with Crippen LogP contribution in [0.5, 0.6) is 0 Å². The number of aromatic nitrogens is 1. The summed E-state index contributed by atoms with van der Waals surface area (Å²) in [6, 6.07) is 5.04. The van der Waals surface area contributed by atoms with Crippen LogP contribution in [-0.2, 0) is 12.7 Å². The quantitative estimate of drug-likeness (QED) is 0.884. The number of benzene rings is 1. The van der Waals surface area contributed by atoms with E-state index in [9.17, 15) is 18.0 Å². The van der Waals surface area contributed by atoms with Crippen LogP contribution in [0.2, 0.25) is 0 Å². The lowest BCUT2D eigenvalue weighted by Crippen LogP contribution is -2.14. The summed E-state index contributed by atoms with van der Waals surface area (Å²) in [5.41, 5.74) is -0.127. The predicted molar refractivity (Wildman–Crippen MR) is 78.0 cm³/mol. The number of aryl methyl sites for hydroxylation is 1. The van der Waals surface area contributed by atoms with Crippen molar-refractivity contribution in [2.75, 3.05) is 11.9 Å². The summed E-state index contributed by atoms with van der Waals surface area (Å²) in [4.78, 5) is 12.0. The second kappa shape index (κ2) is 6.82. The molecule has 0 saturated heterocycles. The Kier molecular flexibility index (Phi) is 5.05. The third-order valence-electron chi connectivity index (χ3n) is 3.14. The van der Waals surface area contributed by atoms with Crippen LogP contribution in [0.1, 0.15) is 34.3 Å². The number of halogens is 3. The molecule has 2 N–H and O–H groups in total. The summed E-state index contributed by atoms with van der Waals surface area (Å²) in [5.74, 6) is -0.718. The van der Waals surface area contributed by atoms with Gasteiger partial charge in [0.2, 0.25) is 5.76 Å². The van der Waals surface area contributed by atoms with Gasteiger partial charge < -0.3 is 15.2 Å². The fourth-order valence-corrected chi connectivity index (χ4v) is 1.95. The molecule has 0 radical (unpaired) electrons. The molecule has 8 heteroatoms. The zero-order valence-corrected chi connectivity index (χ0v) is 12.6. The number of alkyl halides is 3. The molecule has 2 aromatic rings. The van der Waals surface area contributed by atoms with Crippen LogP contribution in [0.15, 0.2) is 28.8 Å². The molecule has 2 rings (SSSR count). The van der Waals surface area contributed by atoms with E-state index in [0.29, 0.717) is 12.2 Å². The van der Waals surface area contributed by atoms with Gasteiger partial charge >= 0.3 is 6.18 Å². The SMILES string of the molecule is CCNCc1cc(C(=O)Nc2ccc(C)c(C(F)(F)F)c2)on1.